The highest BCUT2D eigenvalue weighted by atomic mass is 32.1. The van der Waals surface area contributed by atoms with Crippen molar-refractivity contribution in [3.63, 3.8) is 0 Å². The van der Waals surface area contributed by atoms with Crippen molar-refractivity contribution in [1.82, 2.24) is 10.9 Å². The standard InChI is InChI=1S/C5H10N2O3S/c8-3-5(10)7-6-4(9)1-2-11/h8,11H,1-3H2,(H,6,9)(H,7,10). The molecule has 0 bridgehead atoms. The first kappa shape index (κ1) is 10.2. The minimum atomic E-state index is -0.641. The second kappa shape index (κ2) is 5.99. The lowest BCUT2D eigenvalue weighted by Gasteiger charge is -2.03. The number of amides is 2. The van der Waals surface area contributed by atoms with Gasteiger partial charge in [-0.05, 0) is 5.75 Å². The molecule has 0 spiro atoms. The summed E-state index contributed by atoms with van der Waals surface area (Å²) in [4.78, 5) is 20.9. The number of carbonyl (C=O) groups excluding carboxylic acids is 2. The van der Waals surface area contributed by atoms with Crippen LogP contribution in [0.1, 0.15) is 6.42 Å². The minimum absolute atomic E-state index is 0.231. The van der Waals surface area contributed by atoms with Gasteiger partial charge in [0.2, 0.25) is 5.91 Å². The molecule has 6 heteroatoms. The van der Waals surface area contributed by atoms with Crippen LogP contribution in [-0.2, 0) is 9.59 Å². The maximum Gasteiger partial charge on any atom is 0.264 e. The molecule has 0 heterocycles. The maximum absolute atomic E-state index is 10.6. The number of aliphatic hydroxyl groups is 1. The Bertz CT molecular complexity index is 151. The molecular weight excluding hydrogens is 168 g/mol. The van der Waals surface area contributed by atoms with Gasteiger partial charge in [0.15, 0.2) is 0 Å². The zero-order valence-corrected chi connectivity index (χ0v) is 6.73. The predicted octanol–water partition coefficient (Wildman–Crippen LogP) is -1.55. The van der Waals surface area contributed by atoms with Crippen LogP contribution in [0.4, 0.5) is 0 Å². The molecule has 2 amide bonds. The van der Waals surface area contributed by atoms with E-state index in [1.165, 1.54) is 0 Å². The lowest BCUT2D eigenvalue weighted by molar-refractivity contribution is -0.130. The Hall–Kier alpha value is -0.750. The van der Waals surface area contributed by atoms with Crippen molar-refractivity contribution in [2.75, 3.05) is 12.4 Å². The Morgan fingerprint density at radius 2 is 1.82 bits per heavy atom. The summed E-state index contributed by atoms with van der Waals surface area (Å²) in [5.41, 5.74) is 4.08. The van der Waals surface area contributed by atoms with Crippen LogP contribution in [0.25, 0.3) is 0 Å². The van der Waals surface area contributed by atoms with Crippen LogP contribution in [0.5, 0.6) is 0 Å². The Kier molecular flexibility index (Phi) is 5.58. The van der Waals surface area contributed by atoms with Gasteiger partial charge in [-0.15, -0.1) is 0 Å². The quantitative estimate of drug-likeness (QED) is 0.312. The van der Waals surface area contributed by atoms with Crippen molar-refractivity contribution in [3.05, 3.63) is 0 Å². The molecule has 64 valence electrons. The first-order valence-corrected chi connectivity index (χ1v) is 3.63. The highest BCUT2D eigenvalue weighted by Gasteiger charge is 2.00. The fourth-order valence-corrected chi connectivity index (χ4v) is 0.546. The van der Waals surface area contributed by atoms with Crippen molar-refractivity contribution in [1.29, 1.82) is 0 Å². The molecule has 0 fully saturated rings. The summed E-state index contributed by atoms with van der Waals surface area (Å²) >= 11 is 3.80. The zero-order valence-electron chi connectivity index (χ0n) is 5.83. The van der Waals surface area contributed by atoms with Crippen LogP contribution in [0.2, 0.25) is 0 Å². The molecule has 3 N–H and O–H groups in total. The third-order valence-corrected chi connectivity index (χ3v) is 1.05. The first-order valence-electron chi connectivity index (χ1n) is 3.00. The Labute approximate surface area is 69.5 Å². The molecule has 0 aliphatic rings. The molecule has 0 atom stereocenters. The maximum atomic E-state index is 10.6. The topological polar surface area (TPSA) is 78.4 Å². The van der Waals surface area contributed by atoms with E-state index >= 15 is 0 Å². The third-order valence-electron chi connectivity index (χ3n) is 0.824. The molecule has 0 aromatic rings. The fraction of sp³-hybridized carbons (Fsp3) is 0.600. The van der Waals surface area contributed by atoms with Gasteiger partial charge in [-0.1, -0.05) is 0 Å². The largest absolute Gasteiger partial charge is 0.386 e. The second-order valence-electron chi connectivity index (χ2n) is 1.73. The lowest BCUT2D eigenvalue weighted by atomic mass is 10.5. The van der Waals surface area contributed by atoms with Gasteiger partial charge in [-0.2, -0.15) is 12.6 Å². The number of aliphatic hydroxyl groups excluding tert-OH is 1. The highest BCUT2D eigenvalue weighted by Crippen LogP contribution is 1.80. The zero-order chi connectivity index (χ0) is 8.69. The number of rotatable bonds is 3. The van der Waals surface area contributed by atoms with Gasteiger partial charge in [0, 0.05) is 6.42 Å². The summed E-state index contributed by atoms with van der Waals surface area (Å²) in [7, 11) is 0. The molecule has 0 rings (SSSR count). The summed E-state index contributed by atoms with van der Waals surface area (Å²) in [5.74, 6) is -0.555. The number of hydrazine groups is 1. The van der Waals surface area contributed by atoms with E-state index in [1.54, 1.807) is 0 Å². The van der Waals surface area contributed by atoms with E-state index in [1.807, 2.05) is 5.43 Å². The van der Waals surface area contributed by atoms with E-state index in [4.69, 9.17) is 5.11 Å². The molecule has 5 nitrogen and oxygen atoms in total. The van der Waals surface area contributed by atoms with Crippen LogP contribution in [0.15, 0.2) is 0 Å². The predicted molar refractivity (Wildman–Crippen MR) is 41.8 cm³/mol. The minimum Gasteiger partial charge on any atom is -0.386 e. The number of thiol groups is 1. The Morgan fingerprint density at radius 3 is 2.27 bits per heavy atom. The van der Waals surface area contributed by atoms with E-state index < -0.39 is 12.5 Å². The lowest BCUT2D eigenvalue weighted by Crippen LogP contribution is -2.42. The van der Waals surface area contributed by atoms with Gasteiger partial charge in [0.1, 0.15) is 6.61 Å². The van der Waals surface area contributed by atoms with Crippen molar-refractivity contribution in [2.24, 2.45) is 0 Å². The fourth-order valence-electron chi connectivity index (χ4n) is 0.343. The molecule has 0 aliphatic heterocycles. The van der Waals surface area contributed by atoms with E-state index in [0.29, 0.717) is 5.75 Å². The smallest absolute Gasteiger partial charge is 0.264 e. The van der Waals surface area contributed by atoms with Crippen molar-refractivity contribution in [3.8, 4) is 0 Å². The highest BCUT2D eigenvalue weighted by molar-refractivity contribution is 7.80. The molecule has 0 aliphatic carbocycles. The Morgan fingerprint density at radius 1 is 1.27 bits per heavy atom. The molecular formula is C5H10N2O3S. The number of nitrogens with one attached hydrogen (secondary N) is 2. The molecule has 0 unspecified atom stereocenters. The third kappa shape index (κ3) is 5.68. The van der Waals surface area contributed by atoms with Crippen LogP contribution >= 0.6 is 12.6 Å². The molecule has 0 saturated carbocycles. The average Bonchev–Trinajstić information content (AvgIpc) is 2.01. The molecule has 11 heavy (non-hydrogen) atoms. The van der Waals surface area contributed by atoms with E-state index in [-0.39, 0.29) is 12.3 Å². The van der Waals surface area contributed by atoms with Crippen molar-refractivity contribution >= 4 is 24.4 Å². The molecule has 0 aromatic carbocycles. The molecule has 0 saturated heterocycles. The normalized spacial score (nSPS) is 8.91. The van der Waals surface area contributed by atoms with Crippen LogP contribution in [-0.4, -0.2) is 29.3 Å². The number of hydrogen-bond donors (Lipinski definition) is 4. The van der Waals surface area contributed by atoms with Gasteiger partial charge >= 0.3 is 0 Å². The van der Waals surface area contributed by atoms with Gasteiger partial charge < -0.3 is 5.11 Å². The van der Waals surface area contributed by atoms with E-state index in [9.17, 15) is 9.59 Å². The van der Waals surface area contributed by atoms with Crippen LogP contribution in [0.3, 0.4) is 0 Å². The van der Waals surface area contributed by atoms with E-state index in [2.05, 4.69) is 18.1 Å². The van der Waals surface area contributed by atoms with Gasteiger partial charge in [0.25, 0.3) is 5.91 Å². The summed E-state index contributed by atoms with van der Waals surface area (Å²) in [6.45, 7) is -0.638. The number of carbonyl (C=O) groups is 2. The molecule has 0 aromatic heterocycles. The monoisotopic (exact) mass is 178 g/mol. The second-order valence-corrected chi connectivity index (χ2v) is 2.18. The van der Waals surface area contributed by atoms with Crippen LogP contribution < -0.4 is 10.9 Å². The van der Waals surface area contributed by atoms with Crippen LogP contribution in [0, 0.1) is 0 Å². The number of hydrogen-bond acceptors (Lipinski definition) is 4. The first-order chi connectivity index (χ1) is 5.20. The van der Waals surface area contributed by atoms with Gasteiger partial charge in [-0.3, -0.25) is 20.4 Å². The SMILES string of the molecule is O=C(CO)NNC(=O)CCS. The average molecular weight is 178 g/mol. The van der Waals surface area contributed by atoms with Gasteiger partial charge in [0.05, 0.1) is 0 Å². The Balaban J connectivity index is 3.38. The van der Waals surface area contributed by atoms with E-state index in [0.717, 1.165) is 0 Å². The summed E-state index contributed by atoms with van der Waals surface area (Å²) in [6, 6.07) is 0. The van der Waals surface area contributed by atoms with Gasteiger partial charge in [-0.25, -0.2) is 0 Å². The van der Waals surface area contributed by atoms with Crippen molar-refractivity contribution < 1.29 is 14.7 Å². The van der Waals surface area contributed by atoms with Crippen molar-refractivity contribution in [2.45, 2.75) is 6.42 Å². The summed E-state index contributed by atoms with van der Waals surface area (Å²) in [6.07, 6.45) is 0.231. The summed E-state index contributed by atoms with van der Waals surface area (Å²) < 4.78 is 0. The summed E-state index contributed by atoms with van der Waals surface area (Å²) in [5, 5.41) is 8.20. The molecule has 0 radical (unpaired) electrons.